The number of hydrogen-bond acceptors (Lipinski definition) is 6. The fraction of sp³-hybridized carbons (Fsp3) is 0.966. The maximum atomic E-state index is 11.9. The second-order valence-electron chi connectivity index (χ2n) is 13.5. The van der Waals surface area contributed by atoms with Gasteiger partial charge in [-0.15, -0.1) is 0 Å². The molecule has 202 valence electrons. The average Bonchev–Trinajstić information content (AvgIpc) is 3.07. The molecule has 0 amide bonds. The molecule has 11 atom stereocenters. The molecular weight excluding hydrogens is 444 g/mol. The highest BCUT2D eigenvalue weighted by Gasteiger charge is 2.70. The Balaban J connectivity index is 1.66. The van der Waals surface area contributed by atoms with E-state index in [1.165, 1.54) is 13.3 Å². The van der Waals surface area contributed by atoms with Gasteiger partial charge < -0.3 is 25.2 Å². The van der Waals surface area contributed by atoms with E-state index < -0.39 is 29.3 Å². The third kappa shape index (κ3) is 4.49. The van der Waals surface area contributed by atoms with Gasteiger partial charge in [0.25, 0.3) is 0 Å². The molecule has 4 fully saturated rings. The van der Waals surface area contributed by atoms with Crippen molar-refractivity contribution in [3.63, 3.8) is 0 Å². The van der Waals surface area contributed by atoms with Crippen molar-refractivity contribution in [1.29, 1.82) is 0 Å². The van der Waals surface area contributed by atoms with Gasteiger partial charge in [-0.25, -0.2) is 0 Å². The summed E-state index contributed by atoms with van der Waals surface area (Å²) in [5.74, 6) is 1.27. The van der Waals surface area contributed by atoms with E-state index in [2.05, 4.69) is 27.7 Å². The highest BCUT2D eigenvalue weighted by Crippen LogP contribution is 2.69. The maximum absolute atomic E-state index is 11.9. The van der Waals surface area contributed by atoms with Gasteiger partial charge in [0.05, 0.1) is 30.5 Å². The predicted octanol–water partition coefficient (Wildman–Crippen LogP) is 4.07. The van der Waals surface area contributed by atoms with Gasteiger partial charge in [0.2, 0.25) is 0 Å². The van der Waals surface area contributed by atoms with E-state index in [0.29, 0.717) is 44.1 Å². The molecule has 0 heterocycles. The van der Waals surface area contributed by atoms with Crippen LogP contribution in [0.5, 0.6) is 0 Å². The molecule has 4 rings (SSSR count). The molecule has 4 aliphatic rings. The number of carbonyl (C=O) groups is 1. The van der Waals surface area contributed by atoms with E-state index in [9.17, 15) is 25.2 Å². The number of ether oxygens (including phenoxy) is 1. The summed E-state index contributed by atoms with van der Waals surface area (Å²) in [7, 11) is 0. The third-order valence-corrected chi connectivity index (χ3v) is 11.3. The summed E-state index contributed by atoms with van der Waals surface area (Å²) in [6, 6.07) is 0. The van der Waals surface area contributed by atoms with Crippen LogP contribution in [0.25, 0.3) is 0 Å². The van der Waals surface area contributed by atoms with Crippen LogP contribution in [0.15, 0.2) is 0 Å². The van der Waals surface area contributed by atoms with E-state index in [4.69, 9.17) is 4.74 Å². The minimum absolute atomic E-state index is 0.0546. The Morgan fingerprint density at radius 1 is 1.06 bits per heavy atom. The number of aliphatic hydroxyl groups excluding tert-OH is 3. The lowest BCUT2D eigenvalue weighted by atomic mass is 9.42. The molecule has 4 saturated carbocycles. The minimum atomic E-state index is -1.30. The van der Waals surface area contributed by atoms with Crippen LogP contribution < -0.4 is 0 Å². The Morgan fingerprint density at radius 3 is 2.43 bits per heavy atom. The number of carbonyl (C=O) groups excluding carboxylic acids is 1. The van der Waals surface area contributed by atoms with Gasteiger partial charge in [-0.2, -0.15) is 0 Å². The van der Waals surface area contributed by atoms with Crippen LogP contribution in [0.2, 0.25) is 0 Å². The predicted molar refractivity (Wildman–Crippen MR) is 134 cm³/mol. The van der Waals surface area contributed by atoms with Gasteiger partial charge in [-0.1, -0.05) is 47.0 Å². The topological polar surface area (TPSA) is 107 Å². The molecule has 6 heteroatoms. The summed E-state index contributed by atoms with van der Waals surface area (Å²) in [5.41, 5.74) is -2.08. The van der Waals surface area contributed by atoms with E-state index in [-0.39, 0.29) is 41.5 Å². The zero-order valence-electron chi connectivity index (χ0n) is 22.6. The first-order valence-electron chi connectivity index (χ1n) is 14.3. The first-order valence-corrected chi connectivity index (χ1v) is 14.3. The molecule has 0 spiro atoms. The second-order valence-corrected chi connectivity index (χ2v) is 13.5. The first-order chi connectivity index (χ1) is 16.4. The lowest BCUT2D eigenvalue weighted by Gasteiger charge is -2.65. The van der Waals surface area contributed by atoms with Crippen molar-refractivity contribution < 1.29 is 30.0 Å². The third-order valence-electron chi connectivity index (χ3n) is 11.3. The Hall–Kier alpha value is -0.690. The molecule has 0 aromatic carbocycles. The lowest BCUT2D eigenvalue weighted by molar-refractivity contribution is -0.270. The molecule has 0 radical (unpaired) electrons. The van der Waals surface area contributed by atoms with Crippen molar-refractivity contribution in [2.45, 2.75) is 123 Å². The molecule has 0 saturated heterocycles. The summed E-state index contributed by atoms with van der Waals surface area (Å²) in [5, 5.41) is 44.9. The van der Waals surface area contributed by atoms with Crippen LogP contribution in [0, 0.1) is 46.3 Å². The van der Waals surface area contributed by atoms with E-state index in [0.717, 1.165) is 25.7 Å². The summed E-state index contributed by atoms with van der Waals surface area (Å²) in [6.07, 6.45) is 5.90. The molecule has 0 bridgehead atoms. The molecule has 6 nitrogen and oxygen atoms in total. The fourth-order valence-electron chi connectivity index (χ4n) is 9.54. The Morgan fingerprint density at radius 2 is 1.77 bits per heavy atom. The van der Waals surface area contributed by atoms with Crippen molar-refractivity contribution in [3.05, 3.63) is 0 Å². The molecule has 0 aromatic heterocycles. The summed E-state index contributed by atoms with van der Waals surface area (Å²) in [4.78, 5) is 11.9. The van der Waals surface area contributed by atoms with E-state index in [1.807, 2.05) is 0 Å². The van der Waals surface area contributed by atoms with Gasteiger partial charge in [0, 0.05) is 24.2 Å². The van der Waals surface area contributed by atoms with Crippen molar-refractivity contribution >= 4 is 5.97 Å². The monoisotopic (exact) mass is 494 g/mol. The fourth-order valence-corrected chi connectivity index (χ4v) is 9.54. The summed E-state index contributed by atoms with van der Waals surface area (Å²) in [6.45, 7) is 10.7. The largest absolute Gasteiger partial charge is 0.465 e. The second kappa shape index (κ2) is 9.89. The van der Waals surface area contributed by atoms with Gasteiger partial charge in [-0.3, -0.25) is 4.79 Å². The van der Waals surface area contributed by atoms with Crippen molar-refractivity contribution in [1.82, 2.24) is 0 Å². The highest BCUT2D eigenvalue weighted by molar-refractivity contribution is 5.66. The molecule has 0 aromatic rings. The first kappa shape index (κ1) is 27.3. The molecular formula is C29H50O6. The Kier molecular flexibility index (Phi) is 7.72. The van der Waals surface area contributed by atoms with E-state index in [1.54, 1.807) is 0 Å². The van der Waals surface area contributed by atoms with Crippen LogP contribution in [-0.2, 0) is 9.53 Å². The number of aliphatic hydroxyl groups is 4. The summed E-state index contributed by atoms with van der Waals surface area (Å²) < 4.78 is 5.73. The van der Waals surface area contributed by atoms with Gasteiger partial charge in [-0.05, 0) is 74.0 Å². The van der Waals surface area contributed by atoms with Crippen LogP contribution in [-0.4, -0.2) is 56.9 Å². The van der Waals surface area contributed by atoms with Crippen molar-refractivity contribution in [2.24, 2.45) is 46.3 Å². The molecule has 35 heavy (non-hydrogen) atoms. The van der Waals surface area contributed by atoms with Gasteiger partial charge in [0.1, 0.15) is 0 Å². The molecule has 4 aliphatic carbocycles. The summed E-state index contributed by atoms with van der Waals surface area (Å²) >= 11 is 0. The number of esters is 1. The quantitative estimate of drug-likeness (QED) is 0.398. The van der Waals surface area contributed by atoms with Crippen molar-refractivity contribution in [2.75, 3.05) is 6.61 Å². The Bertz CT molecular complexity index is 770. The van der Waals surface area contributed by atoms with Crippen LogP contribution >= 0.6 is 0 Å². The smallest absolute Gasteiger partial charge is 0.302 e. The zero-order valence-corrected chi connectivity index (χ0v) is 22.6. The standard InChI is InChI=1S/C29H50O6/c1-17(2)7-6-8-18(3)23-14-24(32)26-21-13-25(33)29(34)15-20(31)9-11-27(29,5)22(21)10-12-28(23,26)16-35-19(4)30/h17-18,20-26,31-34H,6-16H2,1-5H3. The average molecular weight is 495 g/mol. The molecule has 4 N–H and O–H groups in total. The molecule has 11 unspecified atom stereocenters. The zero-order chi connectivity index (χ0) is 25.8. The SMILES string of the molecule is CC(=O)OCC12CCC3C(CC(O)C4(O)CC(O)CCC34C)C1C(O)CC2C(C)CCCC(C)C. The lowest BCUT2D eigenvalue weighted by Crippen LogP contribution is -2.69. The van der Waals surface area contributed by atoms with Crippen molar-refractivity contribution in [3.8, 4) is 0 Å². The number of fused-ring (bicyclic) bond motifs is 5. The van der Waals surface area contributed by atoms with Crippen LogP contribution in [0.3, 0.4) is 0 Å². The van der Waals surface area contributed by atoms with Gasteiger partial charge in [0.15, 0.2) is 0 Å². The van der Waals surface area contributed by atoms with Crippen LogP contribution in [0.4, 0.5) is 0 Å². The van der Waals surface area contributed by atoms with Gasteiger partial charge >= 0.3 is 5.97 Å². The number of rotatable bonds is 7. The Labute approximate surface area is 211 Å². The van der Waals surface area contributed by atoms with E-state index >= 15 is 0 Å². The minimum Gasteiger partial charge on any atom is -0.465 e. The molecule has 0 aliphatic heterocycles. The van der Waals surface area contributed by atoms with Crippen LogP contribution in [0.1, 0.15) is 98.8 Å². The number of hydrogen-bond donors (Lipinski definition) is 4. The highest BCUT2D eigenvalue weighted by atomic mass is 16.5. The maximum Gasteiger partial charge on any atom is 0.302 e. The normalized spacial score (nSPS) is 48.1.